The number of rotatable bonds is 3. The van der Waals surface area contributed by atoms with Crippen LogP contribution in [0.4, 0.5) is 13.2 Å². The van der Waals surface area contributed by atoms with Gasteiger partial charge in [-0.05, 0) is 31.5 Å². The van der Waals surface area contributed by atoms with Crippen molar-refractivity contribution in [1.29, 1.82) is 0 Å². The highest BCUT2D eigenvalue weighted by Gasteiger charge is 2.31. The quantitative estimate of drug-likeness (QED) is 0.847. The molecule has 0 saturated carbocycles. The lowest BCUT2D eigenvalue weighted by molar-refractivity contribution is -0.137. The van der Waals surface area contributed by atoms with Crippen molar-refractivity contribution in [2.75, 3.05) is 0 Å². The Morgan fingerprint density at radius 2 is 1.83 bits per heavy atom. The number of Topliss-reactive ketones (excluding diaryl/α,β-unsaturated/α-hetero) is 1. The normalized spacial score (nSPS) is 15.3. The Labute approximate surface area is 104 Å². The van der Waals surface area contributed by atoms with E-state index in [0.717, 1.165) is 12.1 Å². The number of halogens is 3. The fraction of sp³-hybridized carbons (Fsp3) is 0.462. The molecule has 5 heteroatoms. The summed E-state index contributed by atoms with van der Waals surface area (Å²) >= 11 is 0. The number of alkyl halides is 3. The fourth-order valence-electron chi connectivity index (χ4n) is 1.60. The Morgan fingerprint density at radius 1 is 1.28 bits per heavy atom. The SMILES string of the molecule is Cc1cc(C(F)(F)F)ccc1C(=O)C(C)C(C)N. The van der Waals surface area contributed by atoms with Crippen molar-refractivity contribution in [2.24, 2.45) is 11.7 Å². The molecule has 0 aliphatic rings. The standard InChI is InChI=1S/C13H16F3NO/c1-7-6-10(13(14,15)16)4-5-11(7)12(18)8(2)9(3)17/h4-6,8-9H,17H2,1-3H3. The number of carbonyl (C=O) groups excluding carboxylic acids is 1. The van der Waals surface area contributed by atoms with Crippen LogP contribution < -0.4 is 5.73 Å². The summed E-state index contributed by atoms with van der Waals surface area (Å²) in [6.07, 6.45) is -4.39. The summed E-state index contributed by atoms with van der Waals surface area (Å²) in [6, 6.07) is 2.80. The molecule has 0 spiro atoms. The molecule has 0 amide bonds. The second kappa shape index (κ2) is 5.10. The number of ketones is 1. The van der Waals surface area contributed by atoms with Gasteiger partial charge in [-0.25, -0.2) is 0 Å². The maximum Gasteiger partial charge on any atom is 0.416 e. The Hall–Kier alpha value is -1.36. The molecule has 0 saturated heterocycles. The van der Waals surface area contributed by atoms with Gasteiger partial charge in [0.05, 0.1) is 5.56 Å². The Morgan fingerprint density at radius 3 is 2.22 bits per heavy atom. The molecule has 1 aromatic carbocycles. The van der Waals surface area contributed by atoms with Crippen LogP contribution in [0.25, 0.3) is 0 Å². The summed E-state index contributed by atoms with van der Waals surface area (Å²) in [7, 11) is 0. The third-order valence-corrected chi connectivity index (χ3v) is 3.02. The first-order valence-corrected chi connectivity index (χ1v) is 5.62. The van der Waals surface area contributed by atoms with Crippen molar-refractivity contribution >= 4 is 5.78 Å². The second-order valence-corrected chi connectivity index (χ2v) is 4.54. The van der Waals surface area contributed by atoms with Crippen LogP contribution in [0.1, 0.15) is 35.3 Å². The topological polar surface area (TPSA) is 43.1 Å². The molecule has 0 radical (unpaired) electrons. The van der Waals surface area contributed by atoms with Crippen molar-refractivity contribution in [2.45, 2.75) is 33.0 Å². The van der Waals surface area contributed by atoms with Crippen molar-refractivity contribution in [3.63, 3.8) is 0 Å². The lowest BCUT2D eigenvalue weighted by atomic mass is 9.91. The van der Waals surface area contributed by atoms with Crippen LogP contribution in [0.3, 0.4) is 0 Å². The van der Waals surface area contributed by atoms with E-state index in [4.69, 9.17) is 5.73 Å². The second-order valence-electron chi connectivity index (χ2n) is 4.54. The van der Waals surface area contributed by atoms with Gasteiger partial charge in [0.25, 0.3) is 0 Å². The average molecular weight is 259 g/mol. The van der Waals surface area contributed by atoms with E-state index in [1.165, 1.54) is 13.0 Å². The van der Waals surface area contributed by atoms with E-state index in [9.17, 15) is 18.0 Å². The summed E-state index contributed by atoms with van der Waals surface area (Å²) in [5.41, 5.74) is 5.50. The fourth-order valence-corrected chi connectivity index (χ4v) is 1.60. The van der Waals surface area contributed by atoms with Crippen molar-refractivity contribution in [3.8, 4) is 0 Å². The molecule has 0 bridgehead atoms. The molecule has 0 aromatic heterocycles. The monoisotopic (exact) mass is 259 g/mol. The molecule has 0 fully saturated rings. The highest BCUT2D eigenvalue weighted by atomic mass is 19.4. The van der Waals surface area contributed by atoms with Gasteiger partial charge in [0.2, 0.25) is 0 Å². The first-order valence-electron chi connectivity index (χ1n) is 5.62. The average Bonchev–Trinajstić information content (AvgIpc) is 2.25. The first-order chi connectivity index (χ1) is 8.14. The number of aryl methyl sites for hydroxylation is 1. The zero-order valence-electron chi connectivity index (χ0n) is 10.5. The number of hydrogen-bond donors (Lipinski definition) is 1. The highest BCUT2D eigenvalue weighted by molar-refractivity contribution is 5.99. The van der Waals surface area contributed by atoms with E-state index in [1.807, 2.05) is 0 Å². The molecule has 2 atom stereocenters. The predicted molar refractivity (Wildman–Crippen MR) is 63.3 cm³/mol. The van der Waals surface area contributed by atoms with Crippen LogP contribution in [0.2, 0.25) is 0 Å². The number of hydrogen-bond acceptors (Lipinski definition) is 2. The number of benzene rings is 1. The van der Waals surface area contributed by atoms with E-state index in [1.54, 1.807) is 13.8 Å². The van der Waals surface area contributed by atoms with E-state index in [0.29, 0.717) is 11.1 Å². The van der Waals surface area contributed by atoms with Gasteiger partial charge in [-0.15, -0.1) is 0 Å². The molecule has 2 N–H and O–H groups in total. The van der Waals surface area contributed by atoms with Crippen molar-refractivity contribution in [1.82, 2.24) is 0 Å². The lowest BCUT2D eigenvalue weighted by Gasteiger charge is -2.16. The van der Waals surface area contributed by atoms with Gasteiger partial charge in [-0.1, -0.05) is 13.0 Å². The van der Waals surface area contributed by atoms with Crippen LogP contribution in [-0.2, 0) is 6.18 Å². The molecule has 18 heavy (non-hydrogen) atoms. The van der Waals surface area contributed by atoms with Gasteiger partial charge in [0.15, 0.2) is 5.78 Å². The van der Waals surface area contributed by atoms with Crippen molar-refractivity contribution < 1.29 is 18.0 Å². The largest absolute Gasteiger partial charge is 0.416 e. The van der Waals surface area contributed by atoms with E-state index in [-0.39, 0.29) is 11.8 Å². The van der Waals surface area contributed by atoms with E-state index >= 15 is 0 Å². The molecule has 0 aliphatic carbocycles. The van der Waals surface area contributed by atoms with Gasteiger partial charge in [-0.3, -0.25) is 4.79 Å². The van der Waals surface area contributed by atoms with E-state index < -0.39 is 17.7 Å². The molecular weight excluding hydrogens is 243 g/mol. The molecule has 0 aliphatic heterocycles. The van der Waals surface area contributed by atoms with Gasteiger partial charge in [0, 0.05) is 17.5 Å². The third kappa shape index (κ3) is 3.10. The summed E-state index contributed by atoms with van der Waals surface area (Å²) in [5.74, 6) is -0.642. The summed E-state index contributed by atoms with van der Waals surface area (Å²) < 4.78 is 37.4. The number of carbonyl (C=O) groups is 1. The molecule has 1 aromatic rings. The van der Waals surface area contributed by atoms with Crippen LogP contribution in [0.5, 0.6) is 0 Å². The van der Waals surface area contributed by atoms with Gasteiger partial charge >= 0.3 is 6.18 Å². The third-order valence-electron chi connectivity index (χ3n) is 3.02. The minimum Gasteiger partial charge on any atom is -0.327 e. The maximum absolute atomic E-state index is 12.5. The van der Waals surface area contributed by atoms with Gasteiger partial charge in [0.1, 0.15) is 0 Å². The zero-order valence-corrected chi connectivity index (χ0v) is 10.5. The maximum atomic E-state index is 12.5. The molecule has 1 rings (SSSR count). The Kier molecular flexibility index (Phi) is 4.16. The molecular formula is C13H16F3NO. The molecule has 2 unspecified atom stereocenters. The lowest BCUT2D eigenvalue weighted by Crippen LogP contribution is -2.31. The first kappa shape index (κ1) is 14.7. The minimum atomic E-state index is -4.39. The Bertz CT molecular complexity index is 452. The predicted octanol–water partition coefficient (Wildman–Crippen LogP) is 3.18. The van der Waals surface area contributed by atoms with Crippen molar-refractivity contribution in [3.05, 3.63) is 34.9 Å². The minimum absolute atomic E-state index is 0.226. The highest BCUT2D eigenvalue weighted by Crippen LogP contribution is 2.30. The van der Waals surface area contributed by atoms with Crippen LogP contribution in [-0.4, -0.2) is 11.8 Å². The van der Waals surface area contributed by atoms with Gasteiger partial charge < -0.3 is 5.73 Å². The summed E-state index contributed by atoms with van der Waals surface area (Å²) in [5, 5.41) is 0. The van der Waals surface area contributed by atoms with Crippen LogP contribution in [0.15, 0.2) is 18.2 Å². The summed E-state index contributed by atoms with van der Waals surface area (Å²) in [4.78, 5) is 12.0. The summed E-state index contributed by atoms with van der Waals surface area (Å²) in [6.45, 7) is 4.86. The van der Waals surface area contributed by atoms with Crippen LogP contribution in [0, 0.1) is 12.8 Å². The molecule has 100 valence electrons. The van der Waals surface area contributed by atoms with E-state index in [2.05, 4.69) is 0 Å². The Balaban J connectivity index is 3.11. The molecule has 0 heterocycles. The van der Waals surface area contributed by atoms with Crippen LogP contribution >= 0.6 is 0 Å². The molecule has 2 nitrogen and oxygen atoms in total. The van der Waals surface area contributed by atoms with Gasteiger partial charge in [-0.2, -0.15) is 13.2 Å². The smallest absolute Gasteiger partial charge is 0.327 e. The number of nitrogens with two attached hydrogens (primary N) is 1. The zero-order chi connectivity index (χ0) is 14.1.